The molecular formula is C22H33N5. The zero-order valence-electron chi connectivity index (χ0n) is 17.4. The molecule has 1 aromatic carbocycles. The molecule has 1 N–H and O–H groups in total. The predicted octanol–water partition coefficient (Wildman–Crippen LogP) is 3.67. The molecule has 0 bridgehead atoms. The van der Waals surface area contributed by atoms with Crippen LogP contribution in [-0.4, -0.2) is 41.3 Å². The van der Waals surface area contributed by atoms with Crippen LogP contribution in [0.15, 0.2) is 41.5 Å². The highest BCUT2D eigenvalue weighted by molar-refractivity contribution is 5.79. The maximum Gasteiger partial charge on any atom is 0.193 e. The Bertz CT molecular complexity index is 771. The Morgan fingerprint density at radius 3 is 2.56 bits per heavy atom. The quantitative estimate of drug-likeness (QED) is 0.626. The normalized spacial score (nSPS) is 16.3. The fourth-order valence-corrected chi connectivity index (χ4v) is 4.09. The van der Waals surface area contributed by atoms with Crippen molar-refractivity contribution < 1.29 is 0 Å². The average Bonchev–Trinajstić information content (AvgIpc) is 2.98. The number of aryl methyl sites for hydroxylation is 1. The van der Waals surface area contributed by atoms with Gasteiger partial charge in [-0.05, 0) is 24.3 Å². The first-order valence-corrected chi connectivity index (χ1v) is 9.95. The van der Waals surface area contributed by atoms with Crippen LogP contribution in [0, 0.1) is 0 Å². The summed E-state index contributed by atoms with van der Waals surface area (Å²) in [4.78, 5) is 6.72. The van der Waals surface area contributed by atoms with Gasteiger partial charge in [-0.1, -0.05) is 50.6 Å². The Kier molecular flexibility index (Phi) is 5.88. The van der Waals surface area contributed by atoms with Gasteiger partial charge in [-0.3, -0.25) is 9.67 Å². The second-order valence-electron chi connectivity index (χ2n) is 8.12. The first kappa shape index (κ1) is 19.5. The second kappa shape index (κ2) is 8.15. The van der Waals surface area contributed by atoms with Gasteiger partial charge in [0.05, 0.1) is 5.69 Å². The van der Waals surface area contributed by atoms with Crippen LogP contribution in [0.5, 0.6) is 0 Å². The molecule has 0 atom stereocenters. The summed E-state index contributed by atoms with van der Waals surface area (Å²) >= 11 is 0. The molecule has 3 rings (SSSR count). The van der Waals surface area contributed by atoms with Gasteiger partial charge < -0.3 is 10.2 Å². The van der Waals surface area contributed by atoms with E-state index in [4.69, 9.17) is 0 Å². The third-order valence-electron chi connectivity index (χ3n) is 5.75. The lowest BCUT2D eigenvalue weighted by molar-refractivity contribution is 0.241. The number of hydrogen-bond acceptors (Lipinski definition) is 2. The van der Waals surface area contributed by atoms with Crippen molar-refractivity contribution in [3.8, 4) is 0 Å². The highest BCUT2D eigenvalue weighted by Gasteiger charge is 2.38. The highest BCUT2D eigenvalue weighted by atomic mass is 15.3. The Morgan fingerprint density at radius 2 is 2.00 bits per heavy atom. The molecule has 0 saturated heterocycles. The van der Waals surface area contributed by atoms with Crippen LogP contribution in [0.25, 0.3) is 0 Å². The molecule has 5 nitrogen and oxygen atoms in total. The molecule has 27 heavy (non-hydrogen) atoms. The number of aliphatic imine (C=N–C) groups is 1. The van der Waals surface area contributed by atoms with Gasteiger partial charge in [-0.25, -0.2) is 0 Å². The lowest BCUT2D eigenvalue weighted by Crippen LogP contribution is -2.49. The molecule has 0 unspecified atom stereocenters. The van der Waals surface area contributed by atoms with E-state index in [9.17, 15) is 0 Å². The largest absolute Gasteiger partial charge is 0.355 e. The van der Waals surface area contributed by atoms with Gasteiger partial charge in [-0.15, -0.1) is 0 Å². The van der Waals surface area contributed by atoms with Crippen molar-refractivity contribution in [2.75, 3.05) is 20.6 Å². The number of hydrogen-bond donors (Lipinski definition) is 1. The van der Waals surface area contributed by atoms with Crippen LogP contribution in [0.2, 0.25) is 0 Å². The summed E-state index contributed by atoms with van der Waals surface area (Å²) in [6.45, 7) is 6.12. The molecular weight excluding hydrogens is 334 g/mol. The minimum absolute atomic E-state index is 0.245. The number of benzene rings is 1. The van der Waals surface area contributed by atoms with Crippen molar-refractivity contribution >= 4 is 5.96 Å². The summed E-state index contributed by atoms with van der Waals surface area (Å²) in [7, 11) is 5.95. The smallest absolute Gasteiger partial charge is 0.193 e. The summed E-state index contributed by atoms with van der Waals surface area (Å²) in [5.41, 5.74) is 4.12. The molecule has 1 fully saturated rings. The Balaban J connectivity index is 1.67. The van der Waals surface area contributed by atoms with E-state index in [0.717, 1.165) is 19.0 Å². The van der Waals surface area contributed by atoms with Crippen LogP contribution in [0.3, 0.4) is 0 Å². The molecule has 0 amide bonds. The topological polar surface area (TPSA) is 45.5 Å². The van der Waals surface area contributed by atoms with Gasteiger partial charge in [0.25, 0.3) is 0 Å². The van der Waals surface area contributed by atoms with Crippen molar-refractivity contribution in [3.63, 3.8) is 0 Å². The van der Waals surface area contributed by atoms with Gasteiger partial charge in [0.15, 0.2) is 5.96 Å². The maximum absolute atomic E-state index is 4.63. The maximum atomic E-state index is 4.63. The second-order valence-corrected chi connectivity index (χ2v) is 8.12. The fraction of sp³-hybridized carbons (Fsp3) is 0.545. The van der Waals surface area contributed by atoms with Gasteiger partial charge in [0, 0.05) is 51.4 Å². The number of rotatable bonds is 6. The monoisotopic (exact) mass is 367 g/mol. The van der Waals surface area contributed by atoms with Crippen LogP contribution in [0.4, 0.5) is 0 Å². The molecule has 0 aliphatic heterocycles. The molecule has 1 aromatic heterocycles. The van der Waals surface area contributed by atoms with Crippen LogP contribution >= 0.6 is 0 Å². The summed E-state index contributed by atoms with van der Waals surface area (Å²) in [5.74, 6) is 1.36. The molecule has 146 valence electrons. The lowest BCUT2D eigenvalue weighted by Gasteiger charge is -2.43. The standard InChI is InChI=1S/C22H33N5/c1-17(2)20-18(15-27(5)25-20)14-26(4)21(23-3)24-16-22(12-9-13-22)19-10-7-6-8-11-19/h6-8,10-11,15,17H,9,12-14,16H2,1-5H3,(H,23,24). The molecule has 0 spiro atoms. The van der Waals surface area contributed by atoms with Crippen LogP contribution < -0.4 is 5.32 Å². The number of guanidine groups is 1. The molecule has 1 saturated carbocycles. The fourth-order valence-electron chi connectivity index (χ4n) is 4.09. The summed E-state index contributed by atoms with van der Waals surface area (Å²) in [6, 6.07) is 10.9. The third-order valence-corrected chi connectivity index (χ3v) is 5.75. The van der Waals surface area contributed by atoms with E-state index in [2.05, 4.69) is 77.7 Å². The van der Waals surface area contributed by atoms with Crippen molar-refractivity contribution in [1.82, 2.24) is 20.0 Å². The van der Waals surface area contributed by atoms with Gasteiger partial charge in [0.2, 0.25) is 0 Å². The molecule has 1 aliphatic carbocycles. The summed E-state index contributed by atoms with van der Waals surface area (Å²) < 4.78 is 1.91. The highest BCUT2D eigenvalue weighted by Crippen LogP contribution is 2.43. The van der Waals surface area contributed by atoms with E-state index in [1.165, 1.54) is 36.1 Å². The molecule has 5 heteroatoms. The SMILES string of the molecule is CN=C(NCC1(c2ccccc2)CCC1)N(C)Cc1cn(C)nc1C(C)C. The van der Waals surface area contributed by atoms with Crippen molar-refractivity contribution in [1.29, 1.82) is 0 Å². The zero-order chi connectivity index (χ0) is 19.4. The Hall–Kier alpha value is -2.30. The Morgan fingerprint density at radius 1 is 1.30 bits per heavy atom. The van der Waals surface area contributed by atoms with E-state index in [1.807, 2.05) is 18.8 Å². The summed E-state index contributed by atoms with van der Waals surface area (Å²) in [6.07, 6.45) is 5.91. The van der Waals surface area contributed by atoms with E-state index >= 15 is 0 Å². The van der Waals surface area contributed by atoms with E-state index in [-0.39, 0.29) is 5.41 Å². The molecule has 2 aromatic rings. The van der Waals surface area contributed by atoms with Crippen molar-refractivity contribution in [3.05, 3.63) is 53.3 Å². The predicted molar refractivity (Wildman–Crippen MR) is 112 cm³/mol. The minimum Gasteiger partial charge on any atom is -0.355 e. The number of aromatic nitrogens is 2. The minimum atomic E-state index is 0.245. The average molecular weight is 368 g/mol. The van der Waals surface area contributed by atoms with Crippen molar-refractivity contribution in [2.24, 2.45) is 12.0 Å². The molecule has 0 radical (unpaired) electrons. The van der Waals surface area contributed by atoms with Crippen LogP contribution in [0.1, 0.15) is 55.8 Å². The molecule has 1 heterocycles. The first-order chi connectivity index (χ1) is 12.9. The first-order valence-electron chi connectivity index (χ1n) is 9.95. The van der Waals surface area contributed by atoms with Gasteiger partial charge in [-0.2, -0.15) is 5.10 Å². The number of nitrogens with one attached hydrogen (secondary N) is 1. The van der Waals surface area contributed by atoms with E-state index in [1.54, 1.807) is 0 Å². The van der Waals surface area contributed by atoms with Crippen LogP contribution in [-0.2, 0) is 19.0 Å². The van der Waals surface area contributed by atoms with E-state index < -0.39 is 0 Å². The third kappa shape index (κ3) is 4.18. The van der Waals surface area contributed by atoms with Gasteiger partial charge in [0.1, 0.15) is 0 Å². The number of nitrogens with zero attached hydrogens (tertiary/aromatic N) is 4. The lowest BCUT2D eigenvalue weighted by atomic mass is 9.64. The van der Waals surface area contributed by atoms with E-state index in [0.29, 0.717) is 5.92 Å². The summed E-state index contributed by atoms with van der Waals surface area (Å²) in [5, 5.41) is 8.26. The van der Waals surface area contributed by atoms with Gasteiger partial charge >= 0.3 is 0 Å². The zero-order valence-corrected chi connectivity index (χ0v) is 17.4. The Labute approximate surface area is 163 Å². The molecule has 1 aliphatic rings. The van der Waals surface area contributed by atoms with Crippen molar-refractivity contribution in [2.45, 2.75) is 51.0 Å².